The van der Waals surface area contributed by atoms with Crippen LogP contribution in [0.1, 0.15) is 41.4 Å². The summed E-state index contributed by atoms with van der Waals surface area (Å²) in [7, 11) is 0. The molecule has 0 radical (unpaired) electrons. The van der Waals surface area contributed by atoms with Crippen molar-refractivity contribution in [1.82, 2.24) is 20.4 Å². The summed E-state index contributed by atoms with van der Waals surface area (Å²) in [5.41, 5.74) is 4.19. The Morgan fingerprint density at radius 3 is 2.66 bits per heavy atom. The average molecular weight is 452 g/mol. The van der Waals surface area contributed by atoms with Crippen molar-refractivity contribution in [2.75, 3.05) is 24.5 Å². The Balaban J connectivity index is 1.46. The molecular weight excluding hydrogens is 426 g/mol. The van der Waals surface area contributed by atoms with Gasteiger partial charge < -0.3 is 15.5 Å². The van der Waals surface area contributed by atoms with Crippen LogP contribution < -0.4 is 15.5 Å². The Kier molecular flexibility index (Phi) is 6.46. The first kappa shape index (κ1) is 21.9. The molecule has 0 unspecified atom stereocenters. The maximum Gasteiger partial charge on any atom is 0.255 e. The van der Waals surface area contributed by atoms with E-state index in [1.165, 1.54) is 0 Å². The highest BCUT2D eigenvalue weighted by molar-refractivity contribution is 6.30. The van der Waals surface area contributed by atoms with Crippen LogP contribution in [0.4, 0.5) is 5.69 Å². The van der Waals surface area contributed by atoms with Crippen molar-refractivity contribution in [3.05, 3.63) is 76.6 Å². The standard InChI is InChI=1S/C24H26ClN5O2/c1-16(2)23-21(14-28-30(23)20-5-3-4-18(25)12-20)24(32)27-13-17-6-8-19(9-7-17)29-11-10-26-22(31)15-29/h3-9,12,14,16H,10-11,13,15H2,1-2H3,(H,26,31)(H,27,32). The number of anilines is 1. The molecule has 1 aliphatic heterocycles. The highest BCUT2D eigenvalue weighted by Crippen LogP contribution is 2.24. The lowest BCUT2D eigenvalue weighted by Crippen LogP contribution is -2.47. The van der Waals surface area contributed by atoms with Crippen molar-refractivity contribution in [3.63, 3.8) is 0 Å². The van der Waals surface area contributed by atoms with Crippen LogP contribution in [0.15, 0.2) is 54.7 Å². The van der Waals surface area contributed by atoms with Gasteiger partial charge >= 0.3 is 0 Å². The lowest BCUT2D eigenvalue weighted by Gasteiger charge is -2.28. The van der Waals surface area contributed by atoms with E-state index in [9.17, 15) is 9.59 Å². The number of halogens is 1. The zero-order valence-corrected chi connectivity index (χ0v) is 18.9. The van der Waals surface area contributed by atoms with Gasteiger partial charge in [0.05, 0.1) is 29.7 Å². The van der Waals surface area contributed by atoms with Gasteiger partial charge in [-0.1, -0.05) is 43.6 Å². The minimum absolute atomic E-state index is 0.0341. The van der Waals surface area contributed by atoms with Gasteiger partial charge in [0.1, 0.15) is 0 Å². The average Bonchev–Trinajstić information content (AvgIpc) is 3.24. The molecule has 0 spiro atoms. The van der Waals surface area contributed by atoms with Crippen LogP contribution >= 0.6 is 11.6 Å². The number of rotatable bonds is 6. The maximum absolute atomic E-state index is 13.0. The second-order valence-electron chi connectivity index (χ2n) is 8.11. The third-order valence-electron chi connectivity index (χ3n) is 5.44. The molecule has 4 rings (SSSR count). The van der Waals surface area contributed by atoms with Crippen LogP contribution in [-0.4, -0.2) is 41.2 Å². The van der Waals surface area contributed by atoms with Gasteiger partial charge in [-0.3, -0.25) is 9.59 Å². The Morgan fingerprint density at radius 2 is 1.97 bits per heavy atom. The highest BCUT2D eigenvalue weighted by Gasteiger charge is 2.21. The molecule has 0 saturated carbocycles. The molecule has 32 heavy (non-hydrogen) atoms. The summed E-state index contributed by atoms with van der Waals surface area (Å²) >= 11 is 6.14. The number of carbonyl (C=O) groups excluding carboxylic acids is 2. The molecule has 8 heteroatoms. The molecule has 0 atom stereocenters. The van der Waals surface area contributed by atoms with E-state index >= 15 is 0 Å². The smallest absolute Gasteiger partial charge is 0.255 e. The van der Waals surface area contributed by atoms with Gasteiger partial charge in [0.15, 0.2) is 0 Å². The number of piperazine rings is 1. The number of benzene rings is 2. The van der Waals surface area contributed by atoms with E-state index < -0.39 is 0 Å². The van der Waals surface area contributed by atoms with E-state index in [-0.39, 0.29) is 17.7 Å². The van der Waals surface area contributed by atoms with Gasteiger partial charge in [-0.05, 0) is 41.8 Å². The predicted molar refractivity (Wildman–Crippen MR) is 125 cm³/mol. The van der Waals surface area contributed by atoms with E-state index in [4.69, 9.17) is 11.6 Å². The van der Waals surface area contributed by atoms with E-state index in [0.717, 1.165) is 29.2 Å². The first-order valence-corrected chi connectivity index (χ1v) is 11.0. The molecule has 1 aromatic heterocycles. The summed E-state index contributed by atoms with van der Waals surface area (Å²) in [6, 6.07) is 15.3. The zero-order valence-electron chi connectivity index (χ0n) is 18.1. The number of aromatic nitrogens is 2. The summed E-state index contributed by atoms with van der Waals surface area (Å²) < 4.78 is 1.77. The summed E-state index contributed by atoms with van der Waals surface area (Å²) in [4.78, 5) is 26.6. The SMILES string of the molecule is CC(C)c1c(C(=O)NCc2ccc(N3CCNC(=O)C3)cc2)cnn1-c1cccc(Cl)c1. The number of nitrogens with zero attached hydrogens (tertiary/aromatic N) is 3. The Hall–Kier alpha value is -3.32. The number of nitrogens with one attached hydrogen (secondary N) is 2. The fourth-order valence-corrected chi connectivity index (χ4v) is 4.05. The molecule has 0 aliphatic carbocycles. The lowest BCUT2D eigenvalue weighted by molar-refractivity contribution is -0.120. The van der Waals surface area contributed by atoms with Crippen LogP contribution in [-0.2, 0) is 11.3 Å². The summed E-state index contributed by atoms with van der Waals surface area (Å²) in [6.07, 6.45) is 1.61. The molecule has 1 fully saturated rings. The van der Waals surface area contributed by atoms with Crippen LogP contribution in [0.25, 0.3) is 5.69 Å². The van der Waals surface area contributed by atoms with E-state index in [2.05, 4.69) is 15.7 Å². The third kappa shape index (κ3) is 4.78. The lowest BCUT2D eigenvalue weighted by atomic mass is 10.0. The Morgan fingerprint density at radius 1 is 1.19 bits per heavy atom. The summed E-state index contributed by atoms with van der Waals surface area (Å²) in [5, 5.41) is 10.9. The van der Waals surface area contributed by atoms with Gasteiger partial charge in [0.2, 0.25) is 5.91 Å². The van der Waals surface area contributed by atoms with Crippen molar-refractivity contribution in [1.29, 1.82) is 0 Å². The van der Waals surface area contributed by atoms with Gasteiger partial charge in [0, 0.05) is 30.3 Å². The quantitative estimate of drug-likeness (QED) is 0.601. The first-order valence-electron chi connectivity index (χ1n) is 10.6. The molecule has 2 N–H and O–H groups in total. The number of amides is 2. The molecule has 7 nitrogen and oxygen atoms in total. The Labute approximate surface area is 192 Å². The number of hydrogen-bond donors (Lipinski definition) is 2. The molecule has 2 aromatic carbocycles. The fourth-order valence-electron chi connectivity index (χ4n) is 3.86. The normalized spacial score (nSPS) is 13.9. The van der Waals surface area contributed by atoms with E-state index in [1.54, 1.807) is 10.9 Å². The molecule has 1 saturated heterocycles. The zero-order chi connectivity index (χ0) is 22.7. The second-order valence-corrected chi connectivity index (χ2v) is 8.55. The summed E-state index contributed by atoms with van der Waals surface area (Å²) in [6.45, 7) is 6.28. The molecule has 3 aromatic rings. The molecular formula is C24H26ClN5O2. The Bertz CT molecular complexity index is 1120. The van der Waals surface area contributed by atoms with Crippen molar-refractivity contribution < 1.29 is 9.59 Å². The van der Waals surface area contributed by atoms with Crippen LogP contribution in [0, 0.1) is 0 Å². The van der Waals surface area contributed by atoms with Gasteiger partial charge in [-0.25, -0.2) is 4.68 Å². The largest absolute Gasteiger partial charge is 0.360 e. The van der Waals surface area contributed by atoms with E-state index in [1.807, 2.05) is 67.3 Å². The van der Waals surface area contributed by atoms with Crippen molar-refractivity contribution >= 4 is 29.1 Å². The van der Waals surface area contributed by atoms with Crippen LogP contribution in [0.2, 0.25) is 5.02 Å². The summed E-state index contributed by atoms with van der Waals surface area (Å²) in [5.74, 6) is -0.0381. The van der Waals surface area contributed by atoms with E-state index in [0.29, 0.717) is 30.2 Å². The highest BCUT2D eigenvalue weighted by atomic mass is 35.5. The predicted octanol–water partition coefficient (Wildman–Crippen LogP) is 3.52. The van der Waals surface area contributed by atoms with Gasteiger partial charge in [0.25, 0.3) is 5.91 Å². The fraction of sp³-hybridized carbons (Fsp3) is 0.292. The second kappa shape index (κ2) is 9.44. The van der Waals surface area contributed by atoms with Crippen molar-refractivity contribution in [2.45, 2.75) is 26.3 Å². The molecule has 2 amide bonds. The topological polar surface area (TPSA) is 79.3 Å². The minimum Gasteiger partial charge on any atom is -0.360 e. The van der Waals surface area contributed by atoms with Crippen molar-refractivity contribution in [2.24, 2.45) is 0 Å². The minimum atomic E-state index is -0.168. The van der Waals surface area contributed by atoms with Crippen LogP contribution in [0.5, 0.6) is 0 Å². The molecule has 2 heterocycles. The van der Waals surface area contributed by atoms with Gasteiger partial charge in [-0.15, -0.1) is 0 Å². The molecule has 0 bridgehead atoms. The van der Waals surface area contributed by atoms with Crippen molar-refractivity contribution in [3.8, 4) is 5.69 Å². The monoisotopic (exact) mass is 451 g/mol. The third-order valence-corrected chi connectivity index (χ3v) is 5.68. The first-order chi connectivity index (χ1) is 15.4. The number of hydrogen-bond acceptors (Lipinski definition) is 4. The molecule has 1 aliphatic rings. The maximum atomic E-state index is 13.0. The van der Waals surface area contributed by atoms with Crippen LogP contribution in [0.3, 0.4) is 0 Å². The van der Waals surface area contributed by atoms with Gasteiger partial charge in [-0.2, -0.15) is 5.10 Å². The molecule has 166 valence electrons. The number of carbonyl (C=O) groups is 2.